The van der Waals surface area contributed by atoms with E-state index in [1.807, 2.05) is 0 Å². The van der Waals surface area contributed by atoms with Gasteiger partial charge in [-0.15, -0.1) is 0 Å². The topological polar surface area (TPSA) is 121 Å². The Labute approximate surface area is 225 Å². The number of hydrogen-bond donors (Lipinski definition) is 3. The number of unbranched alkanes of at least 4 members (excludes halogenated alkanes) is 21. The summed E-state index contributed by atoms with van der Waals surface area (Å²) in [5.41, 5.74) is -2.63. The van der Waals surface area contributed by atoms with Crippen LogP contribution in [0.2, 0.25) is 0 Å². The molecule has 0 rings (SSSR count). The molecule has 0 amide bonds. The zero-order valence-electron chi connectivity index (χ0n) is 23.7. The Hall–Kier alpha value is -1.63. The van der Waals surface area contributed by atoms with E-state index in [0.29, 0.717) is 6.42 Å². The highest BCUT2D eigenvalue weighted by molar-refractivity contribution is 5.88. The van der Waals surface area contributed by atoms with Gasteiger partial charge in [0, 0.05) is 0 Å². The molecule has 218 valence electrons. The predicted molar refractivity (Wildman–Crippen MR) is 148 cm³/mol. The average Bonchev–Trinajstić information content (AvgIpc) is 2.83. The lowest BCUT2D eigenvalue weighted by Gasteiger charge is -2.20. The first-order valence-electron chi connectivity index (χ1n) is 15.1. The fourth-order valence-electron chi connectivity index (χ4n) is 4.65. The molecule has 3 N–H and O–H groups in total. The summed E-state index contributed by atoms with van der Waals surface area (Å²) in [4.78, 5) is 33.5. The molecule has 0 aromatic heterocycles. The monoisotopic (exact) mass is 528 g/mol. The molecule has 0 heterocycles. The van der Waals surface area contributed by atoms with Gasteiger partial charge in [0.1, 0.15) is 0 Å². The molecular weight excluding hydrogens is 472 g/mol. The average molecular weight is 529 g/mol. The highest BCUT2D eigenvalue weighted by atomic mass is 16.5. The number of carbonyl (C=O) groups excluding carboxylic acids is 1. The van der Waals surface area contributed by atoms with Crippen LogP contribution < -0.4 is 0 Å². The van der Waals surface area contributed by atoms with Crippen molar-refractivity contribution in [2.24, 2.45) is 0 Å². The number of aliphatic hydroxyl groups is 1. The van der Waals surface area contributed by atoms with Crippen molar-refractivity contribution >= 4 is 17.9 Å². The Kier molecular flexibility index (Phi) is 23.6. The van der Waals surface area contributed by atoms with E-state index in [1.165, 1.54) is 116 Å². The Bertz CT molecular complexity index is 578. The summed E-state index contributed by atoms with van der Waals surface area (Å²) >= 11 is 0. The van der Waals surface area contributed by atoms with Gasteiger partial charge in [0.2, 0.25) is 0 Å². The van der Waals surface area contributed by atoms with Crippen LogP contribution in [0.5, 0.6) is 0 Å². The van der Waals surface area contributed by atoms with Crippen molar-refractivity contribution in [3.05, 3.63) is 0 Å². The number of carbonyl (C=O) groups is 3. The Morgan fingerprint density at radius 2 is 0.865 bits per heavy atom. The number of ether oxygens (including phenoxy) is 1. The lowest BCUT2D eigenvalue weighted by atomic mass is 9.96. The smallest absolute Gasteiger partial charge is 0.336 e. The van der Waals surface area contributed by atoms with Crippen LogP contribution in [0, 0.1) is 0 Å². The SMILES string of the molecule is CCCCCCCCCCCCCCCCCCCCCCCCOC(=O)CC(O)(CC(=O)O)C(=O)O. The molecule has 0 aromatic rings. The van der Waals surface area contributed by atoms with E-state index in [9.17, 15) is 19.5 Å². The molecule has 37 heavy (non-hydrogen) atoms. The molecular formula is C30H56O7. The van der Waals surface area contributed by atoms with E-state index in [1.54, 1.807) is 0 Å². The van der Waals surface area contributed by atoms with Crippen LogP contribution in [0.1, 0.15) is 161 Å². The van der Waals surface area contributed by atoms with Gasteiger partial charge in [0.05, 0.1) is 19.4 Å². The van der Waals surface area contributed by atoms with Crippen LogP contribution in [-0.4, -0.2) is 45.4 Å². The summed E-state index contributed by atoms with van der Waals surface area (Å²) in [5.74, 6) is -4.12. The van der Waals surface area contributed by atoms with E-state index < -0.39 is 36.4 Å². The van der Waals surface area contributed by atoms with Crippen molar-refractivity contribution in [3.8, 4) is 0 Å². The van der Waals surface area contributed by atoms with Crippen LogP contribution >= 0.6 is 0 Å². The van der Waals surface area contributed by atoms with Crippen molar-refractivity contribution < 1.29 is 34.4 Å². The van der Waals surface area contributed by atoms with Gasteiger partial charge < -0.3 is 20.1 Å². The highest BCUT2D eigenvalue weighted by Gasteiger charge is 2.41. The summed E-state index contributed by atoms with van der Waals surface area (Å²) in [7, 11) is 0. The number of carboxylic acid groups (broad SMARTS) is 2. The third kappa shape index (κ3) is 23.2. The van der Waals surface area contributed by atoms with Gasteiger partial charge in [0.15, 0.2) is 5.60 Å². The third-order valence-electron chi connectivity index (χ3n) is 7.04. The molecule has 0 radical (unpaired) electrons. The predicted octanol–water partition coefficient (Wildman–Crippen LogP) is 7.81. The molecule has 0 saturated heterocycles. The fourth-order valence-corrected chi connectivity index (χ4v) is 4.65. The number of esters is 1. The molecule has 1 atom stereocenters. The van der Waals surface area contributed by atoms with Crippen LogP contribution in [0.3, 0.4) is 0 Å². The molecule has 0 aliphatic heterocycles. The number of aliphatic carboxylic acids is 2. The maximum Gasteiger partial charge on any atom is 0.336 e. The van der Waals surface area contributed by atoms with Gasteiger partial charge in [-0.05, 0) is 6.42 Å². The molecule has 7 nitrogen and oxygen atoms in total. The standard InChI is InChI=1S/C30H56O7/c1-2-3-4-5-6-7-8-9-10-11-12-13-14-15-16-17-18-19-20-21-22-23-24-37-28(33)26-30(36,29(34)35)25-27(31)32/h36H,2-26H2,1H3,(H,31,32)(H,34,35). The minimum atomic E-state index is -2.63. The molecule has 1 unspecified atom stereocenters. The van der Waals surface area contributed by atoms with Crippen LogP contribution in [-0.2, 0) is 19.1 Å². The number of rotatable bonds is 28. The molecule has 0 aromatic carbocycles. The minimum absolute atomic E-state index is 0.154. The first kappa shape index (κ1) is 35.4. The van der Waals surface area contributed by atoms with Gasteiger partial charge in [-0.1, -0.05) is 142 Å². The largest absolute Gasteiger partial charge is 0.481 e. The van der Waals surface area contributed by atoms with E-state index in [-0.39, 0.29) is 6.61 Å². The molecule has 7 heteroatoms. The second-order valence-electron chi connectivity index (χ2n) is 10.7. The van der Waals surface area contributed by atoms with Gasteiger partial charge in [-0.3, -0.25) is 9.59 Å². The quantitative estimate of drug-likeness (QED) is 0.0699. The van der Waals surface area contributed by atoms with E-state index in [4.69, 9.17) is 14.9 Å². The highest BCUT2D eigenvalue weighted by Crippen LogP contribution is 2.18. The fraction of sp³-hybridized carbons (Fsp3) is 0.900. The number of carboxylic acids is 2. The molecule has 0 spiro atoms. The first-order chi connectivity index (χ1) is 17.8. The van der Waals surface area contributed by atoms with Gasteiger partial charge >= 0.3 is 17.9 Å². The third-order valence-corrected chi connectivity index (χ3v) is 7.04. The van der Waals surface area contributed by atoms with E-state index >= 15 is 0 Å². The van der Waals surface area contributed by atoms with Crippen LogP contribution in [0.4, 0.5) is 0 Å². The first-order valence-corrected chi connectivity index (χ1v) is 15.1. The van der Waals surface area contributed by atoms with Gasteiger partial charge in [-0.2, -0.15) is 0 Å². The van der Waals surface area contributed by atoms with E-state index in [2.05, 4.69) is 6.92 Å². The molecule has 0 fully saturated rings. The van der Waals surface area contributed by atoms with Crippen molar-refractivity contribution in [1.29, 1.82) is 0 Å². The summed E-state index contributed by atoms with van der Waals surface area (Å²) in [6.07, 6.45) is 26.7. The molecule has 0 aliphatic carbocycles. The van der Waals surface area contributed by atoms with Crippen molar-refractivity contribution in [3.63, 3.8) is 0 Å². The zero-order chi connectivity index (χ0) is 27.6. The van der Waals surface area contributed by atoms with Gasteiger partial charge in [-0.25, -0.2) is 4.79 Å². The molecule has 0 bridgehead atoms. The minimum Gasteiger partial charge on any atom is -0.481 e. The Morgan fingerprint density at radius 3 is 1.16 bits per heavy atom. The lowest BCUT2D eigenvalue weighted by molar-refractivity contribution is -0.172. The second kappa shape index (κ2) is 24.7. The normalized spacial score (nSPS) is 12.8. The van der Waals surface area contributed by atoms with E-state index in [0.717, 1.165) is 19.3 Å². The summed E-state index contributed by atoms with van der Waals surface area (Å²) in [5, 5.41) is 27.5. The Morgan fingerprint density at radius 1 is 0.541 bits per heavy atom. The number of hydrogen-bond acceptors (Lipinski definition) is 5. The second-order valence-corrected chi connectivity index (χ2v) is 10.7. The summed E-state index contributed by atoms with van der Waals surface area (Å²) in [6.45, 7) is 2.43. The van der Waals surface area contributed by atoms with Crippen molar-refractivity contribution in [2.45, 2.75) is 167 Å². The summed E-state index contributed by atoms with van der Waals surface area (Å²) in [6, 6.07) is 0. The maximum atomic E-state index is 11.7. The van der Waals surface area contributed by atoms with Crippen molar-refractivity contribution in [1.82, 2.24) is 0 Å². The van der Waals surface area contributed by atoms with Gasteiger partial charge in [0.25, 0.3) is 0 Å². The van der Waals surface area contributed by atoms with Crippen LogP contribution in [0.15, 0.2) is 0 Å². The molecule has 0 saturated carbocycles. The molecule has 0 aliphatic rings. The maximum absolute atomic E-state index is 11.7. The Balaban J connectivity index is 3.36. The summed E-state index contributed by atoms with van der Waals surface area (Å²) < 4.78 is 4.96. The van der Waals surface area contributed by atoms with Crippen molar-refractivity contribution in [2.75, 3.05) is 6.61 Å². The van der Waals surface area contributed by atoms with Crippen LogP contribution in [0.25, 0.3) is 0 Å². The lowest BCUT2D eigenvalue weighted by Crippen LogP contribution is -2.43. The zero-order valence-corrected chi connectivity index (χ0v) is 23.7.